The lowest BCUT2D eigenvalue weighted by atomic mass is 10.2. The molecule has 0 amide bonds. The standard InChI is InChI=1S/C21H21N3O7S/c1-28-16-8-9-17(18(12-16)29-2)20-22-19(31-23-20)13-30-21(25)14-4-6-15(7-5-14)24-10-3-11-32(24,26)27/h4-9,12H,3,10-11,13H2,1-2H3. The molecule has 2 aromatic carbocycles. The second kappa shape index (κ2) is 8.87. The third-order valence-corrected chi connectivity index (χ3v) is 6.80. The minimum Gasteiger partial charge on any atom is -0.497 e. The summed E-state index contributed by atoms with van der Waals surface area (Å²) in [4.78, 5) is 16.6. The van der Waals surface area contributed by atoms with E-state index in [-0.39, 0.29) is 29.6 Å². The van der Waals surface area contributed by atoms with Crippen molar-refractivity contribution in [2.45, 2.75) is 13.0 Å². The molecular weight excluding hydrogens is 438 g/mol. The molecule has 0 saturated carbocycles. The Bertz CT molecular complexity index is 1220. The Morgan fingerprint density at radius 1 is 1.12 bits per heavy atom. The number of anilines is 1. The van der Waals surface area contributed by atoms with Gasteiger partial charge >= 0.3 is 5.97 Å². The van der Waals surface area contributed by atoms with Crippen LogP contribution in [0, 0.1) is 0 Å². The van der Waals surface area contributed by atoms with E-state index in [2.05, 4.69) is 10.1 Å². The highest BCUT2D eigenvalue weighted by atomic mass is 32.2. The third-order valence-electron chi connectivity index (χ3n) is 4.93. The molecule has 3 aromatic rings. The maximum atomic E-state index is 12.3. The Labute approximate surface area is 184 Å². The smallest absolute Gasteiger partial charge is 0.338 e. The third kappa shape index (κ3) is 4.37. The first kappa shape index (κ1) is 21.6. The number of carbonyl (C=O) groups is 1. The van der Waals surface area contributed by atoms with Crippen LogP contribution in [-0.2, 0) is 21.4 Å². The lowest BCUT2D eigenvalue weighted by molar-refractivity contribution is 0.0430. The number of aromatic nitrogens is 2. The minimum atomic E-state index is -3.28. The van der Waals surface area contributed by atoms with Crippen LogP contribution < -0.4 is 13.8 Å². The molecule has 0 bridgehead atoms. The second-order valence-corrected chi connectivity index (χ2v) is 8.96. The number of rotatable bonds is 7. The van der Waals surface area contributed by atoms with Gasteiger partial charge in [-0.3, -0.25) is 4.31 Å². The van der Waals surface area contributed by atoms with E-state index in [1.807, 2.05) is 0 Å². The van der Waals surface area contributed by atoms with E-state index in [4.69, 9.17) is 18.7 Å². The van der Waals surface area contributed by atoms with Crippen LogP contribution in [0.2, 0.25) is 0 Å². The summed E-state index contributed by atoms with van der Waals surface area (Å²) in [5.41, 5.74) is 1.40. The maximum absolute atomic E-state index is 12.3. The van der Waals surface area contributed by atoms with Crippen molar-refractivity contribution in [3.05, 3.63) is 53.9 Å². The predicted molar refractivity (Wildman–Crippen MR) is 114 cm³/mol. The number of sulfonamides is 1. The number of benzene rings is 2. The van der Waals surface area contributed by atoms with Crippen molar-refractivity contribution < 1.29 is 31.9 Å². The number of nitrogens with zero attached hydrogens (tertiary/aromatic N) is 3. The fourth-order valence-electron chi connectivity index (χ4n) is 3.31. The van der Waals surface area contributed by atoms with Crippen molar-refractivity contribution in [1.82, 2.24) is 10.1 Å². The number of methoxy groups -OCH3 is 2. The van der Waals surface area contributed by atoms with E-state index >= 15 is 0 Å². The first-order valence-electron chi connectivity index (χ1n) is 9.74. The van der Waals surface area contributed by atoms with Crippen LogP contribution in [0.4, 0.5) is 5.69 Å². The van der Waals surface area contributed by atoms with E-state index in [0.717, 1.165) is 0 Å². The largest absolute Gasteiger partial charge is 0.497 e. The molecule has 1 aliphatic heterocycles. The van der Waals surface area contributed by atoms with E-state index in [0.29, 0.717) is 35.7 Å². The summed E-state index contributed by atoms with van der Waals surface area (Å²) in [6, 6.07) is 11.4. The van der Waals surface area contributed by atoms with Gasteiger partial charge in [0.25, 0.3) is 5.89 Å². The van der Waals surface area contributed by atoms with Crippen molar-refractivity contribution >= 4 is 21.7 Å². The molecule has 32 heavy (non-hydrogen) atoms. The molecule has 1 aromatic heterocycles. The van der Waals surface area contributed by atoms with E-state index < -0.39 is 16.0 Å². The quantitative estimate of drug-likeness (QED) is 0.491. The van der Waals surface area contributed by atoms with Gasteiger partial charge in [-0.25, -0.2) is 13.2 Å². The highest BCUT2D eigenvalue weighted by Gasteiger charge is 2.28. The average Bonchev–Trinajstić information content (AvgIpc) is 3.42. The fourth-order valence-corrected chi connectivity index (χ4v) is 4.87. The molecule has 1 aliphatic rings. The van der Waals surface area contributed by atoms with Gasteiger partial charge in [-0.15, -0.1) is 0 Å². The lowest BCUT2D eigenvalue weighted by Gasteiger charge is -2.16. The topological polar surface area (TPSA) is 121 Å². The SMILES string of the molecule is COc1ccc(-c2noc(COC(=O)c3ccc(N4CCCS4(=O)=O)cc3)n2)c(OC)c1. The summed E-state index contributed by atoms with van der Waals surface area (Å²) in [5, 5.41) is 3.91. The Kier molecular flexibility index (Phi) is 5.99. The van der Waals surface area contributed by atoms with Crippen molar-refractivity contribution in [1.29, 1.82) is 0 Å². The highest BCUT2D eigenvalue weighted by Crippen LogP contribution is 2.31. The summed E-state index contributed by atoms with van der Waals surface area (Å²) in [6.45, 7) is 0.219. The zero-order valence-electron chi connectivity index (χ0n) is 17.5. The molecule has 0 spiro atoms. The Hall–Kier alpha value is -3.60. The summed E-state index contributed by atoms with van der Waals surface area (Å²) in [6.07, 6.45) is 0.584. The number of hydrogen-bond acceptors (Lipinski definition) is 9. The Morgan fingerprint density at radius 3 is 2.56 bits per heavy atom. The zero-order valence-corrected chi connectivity index (χ0v) is 18.3. The molecule has 11 heteroatoms. The number of carbonyl (C=O) groups excluding carboxylic acids is 1. The fraction of sp³-hybridized carbons (Fsp3) is 0.286. The molecule has 168 valence electrons. The van der Waals surface area contributed by atoms with Crippen LogP contribution >= 0.6 is 0 Å². The van der Waals surface area contributed by atoms with Gasteiger partial charge in [0, 0.05) is 12.6 Å². The van der Waals surface area contributed by atoms with Gasteiger partial charge < -0.3 is 18.7 Å². The van der Waals surface area contributed by atoms with Gasteiger partial charge in [0.2, 0.25) is 15.8 Å². The van der Waals surface area contributed by atoms with Crippen LogP contribution in [0.1, 0.15) is 22.7 Å². The zero-order chi connectivity index (χ0) is 22.7. The predicted octanol–water partition coefficient (Wildman–Crippen LogP) is 2.65. The Morgan fingerprint density at radius 2 is 1.91 bits per heavy atom. The molecule has 0 radical (unpaired) electrons. The molecule has 4 rings (SSSR count). The molecule has 0 N–H and O–H groups in total. The van der Waals surface area contributed by atoms with E-state index in [9.17, 15) is 13.2 Å². The number of hydrogen-bond donors (Lipinski definition) is 0. The van der Waals surface area contributed by atoms with E-state index in [1.165, 1.54) is 23.5 Å². The summed E-state index contributed by atoms with van der Waals surface area (Å²) in [7, 11) is -0.204. The van der Waals surface area contributed by atoms with Crippen molar-refractivity contribution in [2.24, 2.45) is 0 Å². The first-order chi connectivity index (χ1) is 15.4. The average molecular weight is 459 g/mol. The van der Waals surface area contributed by atoms with Crippen LogP contribution in [0.15, 0.2) is 47.0 Å². The van der Waals surface area contributed by atoms with Gasteiger partial charge in [-0.1, -0.05) is 5.16 Å². The van der Waals surface area contributed by atoms with Crippen LogP contribution in [0.3, 0.4) is 0 Å². The first-order valence-corrected chi connectivity index (χ1v) is 11.3. The molecule has 2 heterocycles. The summed E-state index contributed by atoms with van der Waals surface area (Å²) in [5.74, 6) is 1.07. The van der Waals surface area contributed by atoms with Gasteiger partial charge in [-0.05, 0) is 42.8 Å². The molecule has 0 unspecified atom stereocenters. The maximum Gasteiger partial charge on any atom is 0.338 e. The van der Waals surface area contributed by atoms with Gasteiger partial charge in [0.05, 0.1) is 36.8 Å². The molecule has 1 saturated heterocycles. The van der Waals surface area contributed by atoms with Crippen molar-refractivity contribution in [2.75, 3.05) is 30.8 Å². The minimum absolute atomic E-state index is 0.117. The van der Waals surface area contributed by atoms with E-state index in [1.54, 1.807) is 37.4 Å². The molecule has 0 atom stereocenters. The van der Waals surface area contributed by atoms with Gasteiger partial charge in [0.1, 0.15) is 11.5 Å². The van der Waals surface area contributed by atoms with Crippen LogP contribution in [0.5, 0.6) is 11.5 Å². The summed E-state index contributed by atoms with van der Waals surface area (Å²) < 4.78 is 46.3. The second-order valence-electron chi connectivity index (χ2n) is 6.94. The molecule has 0 aliphatic carbocycles. The molecule has 1 fully saturated rings. The normalized spacial score (nSPS) is 14.9. The lowest BCUT2D eigenvalue weighted by Crippen LogP contribution is -2.25. The van der Waals surface area contributed by atoms with Gasteiger partial charge in [-0.2, -0.15) is 4.98 Å². The van der Waals surface area contributed by atoms with Crippen molar-refractivity contribution in [3.8, 4) is 22.9 Å². The van der Waals surface area contributed by atoms with Crippen molar-refractivity contribution in [3.63, 3.8) is 0 Å². The Balaban J connectivity index is 1.40. The number of esters is 1. The van der Waals surface area contributed by atoms with Crippen LogP contribution in [0.25, 0.3) is 11.4 Å². The molecule has 10 nitrogen and oxygen atoms in total. The highest BCUT2D eigenvalue weighted by molar-refractivity contribution is 7.93. The number of ether oxygens (including phenoxy) is 3. The van der Waals surface area contributed by atoms with Crippen LogP contribution in [-0.4, -0.2) is 51.0 Å². The molecular formula is C21H21N3O7S. The summed E-state index contributed by atoms with van der Waals surface area (Å²) >= 11 is 0. The van der Waals surface area contributed by atoms with Gasteiger partial charge in [0.15, 0.2) is 6.61 Å². The monoisotopic (exact) mass is 459 g/mol.